The fourth-order valence-electron chi connectivity index (χ4n) is 14.0. The van der Waals surface area contributed by atoms with Crippen molar-refractivity contribution in [2.45, 2.75) is 149 Å². The predicted octanol–water partition coefficient (Wildman–Crippen LogP) is 6.55. The minimum Gasteiger partial charge on any atom is -0.446 e. The second-order valence-corrected chi connectivity index (χ2v) is 19.1. The molecule has 8 fully saturated rings. The molecule has 3 aliphatic heterocycles. The van der Waals surface area contributed by atoms with Crippen LogP contribution in [0.1, 0.15) is 113 Å². The van der Waals surface area contributed by atoms with E-state index in [1.165, 1.54) is 12.8 Å². The molecule has 0 bridgehead atoms. The Morgan fingerprint density at radius 3 is 2.38 bits per heavy atom. The molecule has 2 spiro atoms. The van der Waals surface area contributed by atoms with Crippen LogP contribution < -0.4 is 5.32 Å². The van der Waals surface area contributed by atoms with Crippen LogP contribution in [0, 0.1) is 56.7 Å². The van der Waals surface area contributed by atoms with E-state index in [0.29, 0.717) is 31.0 Å². The number of nitrogens with zero attached hydrogens (tertiary/aromatic N) is 1. The van der Waals surface area contributed by atoms with Crippen LogP contribution >= 0.6 is 0 Å². The van der Waals surface area contributed by atoms with Gasteiger partial charge in [0.15, 0.2) is 0 Å². The largest absolute Gasteiger partial charge is 0.446 e. The standard InChI is InChI=1S/C39H62N2O7/c1-22(2)30(48-34(44)41-16-8-17-41)25-19-23(3)29-31(46-25)32(42)37(7)27-10-9-26-35(4,5)28(47-33(43)40-24-12-18-45-20-24)11-13-38(26)21-39(27,38)15-14-36(29,37)6/h22-32,42H,8-21H2,1-7H3,(H,40,43)/t23-,24+,25?,26+,27?,28?,29+,30?,31?,32+,36?,37-,38?,39?/m1/s1. The number of aliphatic hydroxyl groups excluding tert-OH is 1. The molecule has 3 saturated heterocycles. The number of amides is 2. The molecule has 270 valence electrons. The Balaban J connectivity index is 1.02. The lowest BCUT2D eigenvalue weighted by atomic mass is 9.41. The second-order valence-electron chi connectivity index (χ2n) is 19.1. The molecule has 0 aromatic rings. The number of aliphatic hydroxyl groups is 1. The molecular weight excluding hydrogens is 608 g/mol. The van der Waals surface area contributed by atoms with Crippen LogP contribution in [0.2, 0.25) is 0 Å². The molecule has 2 N–H and O–H groups in total. The Morgan fingerprint density at radius 1 is 0.979 bits per heavy atom. The summed E-state index contributed by atoms with van der Waals surface area (Å²) in [7, 11) is 0. The number of hydrogen-bond donors (Lipinski definition) is 2. The third kappa shape index (κ3) is 4.43. The summed E-state index contributed by atoms with van der Waals surface area (Å²) in [6.07, 6.45) is 8.62. The van der Waals surface area contributed by atoms with Gasteiger partial charge in [0.05, 0.1) is 31.0 Å². The highest BCUT2D eigenvalue weighted by Crippen LogP contribution is 2.89. The van der Waals surface area contributed by atoms with E-state index < -0.39 is 6.10 Å². The third-order valence-electron chi connectivity index (χ3n) is 16.6. The first-order valence-corrected chi connectivity index (χ1v) is 19.5. The second kappa shape index (κ2) is 11.2. The van der Waals surface area contributed by atoms with Crippen molar-refractivity contribution < 1.29 is 33.6 Å². The highest BCUT2D eigenvalue weighted by atomic mass is 16.6. The molecule has 9 nitrogen and oxygen atoms in total. The van der Waals surface area contributed by atoms with E-state index >= 15 is 0 Å². The van der Waals surface area contributed by atoms with E-state index in [4.69, 9.17) is 18.9 Å². The molecule has 9 heteroatoms. The summed E-state index contributed by atoms with van der Waals surface area (Å²) in [6, 6.07) is 0.0510. The van der Waals surface area contributed by atoms with Gasteiger partial charge in [-0.25, -0.2) is 9.59 Å². The smallest absolute Gasteiger partial charge is 0.410 e. The minimum atomic E-state index is -0.552. The van der Waals surface area contributed by atoms with Crippen molar-refractivity contribution in [1.29, 1.82) is 0 Å². The first-order chi connectivity index (χ1) is 22.7. The first kappa shape index (κ1) is 33.6. The SMILES string of the molecule is CC(C)C(OC(=O)N1CCC1)C1C[C@@H](C)[C@H]2C(O1)[C@H](O)[C@@]1(C)C3CC[C@H]4C(C)(C)C(OC(=O)N[C@H]5CCOC5)CCC45CC35CCC21C. The van der Waals surface area contributed by atoms with Gasteiger partial charge in [-0.3, -0.25) is 0 Å². The summed E-state index contributed by atoms with van der Waals surface area (Å²) in [5.41, 5.74) is 0.119. The lowest BCUT2D eigenvalue weighted by molar-refractivity contribution is -0.185. The summed E-state index contributed by atoms with van der Waals surface area (Å²) in [5.74, 6) is 1.72. The van der Waals surface area contributed by atoms with E-state index in [9.17, 15) is 14.7 Å². The van der Waals surface area contributed by atoms with Crippen LogP contribution in [0.4, 0.5) is 9.59 Å². The molecule has 8 rings (SSSR count). The van der Waals surface area contributed by atoms with Gasteiger partial charge in [0.2, 0.25) is 0 Å². The summed E-state index contributed by atoms with van der Waals surface area (Å²) >= 11 is 0. The van der Waals surface area contributed by atoms with Crippen LogP contribution in [-0.2, 0) is 18.9 Å². The molecular formula is C39H62N2O7. The van der Waals surface area contributed by atoms with Crippen LogP contribution in [0.5, 0.6) is 0 Å². The van der Waals surface area contributed by atoms with E-state index in [1.807, 2.05) is 0 Å². The van der Waals surface area contributed by atoms with Crippen molar-refractivity contribution in [3.8, 4) is 0 Å². The lowest BCUT2D eigenvalue weighted by Gasteiger charge is -2.63. The number of hydrogen-bond acceptors (Lipinski definition) is 7. The average molecular weight is 671 g/mol. The van der Waals surface area contributed by atoms with Crippen LogP contribution in [0.25, 0.3) is 0 Å². The highest BCUT2D eigenvalue weighted by Gasteiger charge is 2.84. The molecule has 5 saturated carbocycles. The quantitative estimate of drug-likeness (QED) is 0.342. The van der Waals surface area contributed by atoms with E-state index in [1.54, 1.807) is 4.90 Å². The third-order valence-corrected chi connectivity index (χ3v) is 16.6. The Labute approximate surface area is 287 Å². The van der Waals surface area contributed by atoms with Crippen molar-refractivity contribution in [2.75, 3.05) is 26.3 Å². The minimum absolute atomic E-state index is 0.0203. The number of ether oxygens (including phenoxy) is 4. The maximum absolute atomic E-state index is 13.0. The monoisotopic (exact) mass is 670 g/mol. The van der Waals surface area contributed by atoms with E-state index in [0.717, 1.165) is 64.5 Å². The van der Waals surface area contributed by atoms with E-state index in [2.05, 4.69) is 53.8 Å². The molecule has 8 unspecified atom stereocenters. The number of rotatable bonds is 5. The number of nitrogens with one attached hydrogen (secondary N) is 1. The highest BCUT2D eigenvalue weighted by molar-refractivity contribution is 5.69. The summed E-state index contributed by atoms with van der Waals surface area (Å²) in [6.45, 7) is 19.0. The zero-order chi connectivity index (χ0) is 34.0. The number of likely N-dealkylation sites (tertiary alicyclic amines) is 1. The molecule has 0 radical (unpaired) electrons. The number of carbonyl (C=O) groups is 2. The van der Waals surface area contributed by atoms with Crippen molar-refractivity contribution in [3.05, 3.63) is 0 Å². The first-order valence-electron chi connectivity index (χ1n) is 19.5. The predicted molar refractivity (Wildman–Crippen MR) is 180 cm³/mol. The molecule has 3 heterocycles. The van der Waals surface area contributed by atoms with Gasteiger partial charge in [-0.15, -0.1) is 0 Å². The van der Waals surface area contributed by atoms with Gasteiger partial charge in [0.25, 0.3) is 0 Å². The number of alkyl carbamates (subject to hydrolysis) is 1. The molecule has 14 atom stereocenters. The van der Waals surface area contributed by atoms with Gasteiger partial charge in [-0.2, -0.15) is 0 Å². The van der Waals surface area contributed by atoms with Gasteiger partial charge in [0, 0.05) is 30.5 Å². The molecule has 0 aromatic carbocycles. The Kier molecular flexibility index (Phi) is 7.84. The maximum Gasteiger partial charge on any atom is 0.410 e. The van der Waals surface area contributed by atoms with Gasteiger partial charge in [0.1, 0.15) is 12.2 Å². The Morgan fingerprint density at radius 2 is 1.71 bits per heavy atom. The van der Waals surface area contributed by atoms with E-state index in [-0.39, 0.29) is 81.6 Å². The zero-order valence-corrected chi connectivity index (χ0v) is 30.6. The molecule has 0 aromatic heterocycles. The number of carbonyl (C=O) groups excluding carboxylic acids is 2. The fraction of sp³-hybridized carbons (Fsp3) is 0.949. The van der Waals surface area contributed by atoms with Gasteiger partial charge >= 0.3 is 12.2 Å². The summed E-state index contributed by atoms with van der Waals surface area (Å²) in [4.78, 5) is 27.7. The molecule has 2 amide bonds. The fourth-order valence-corrected chi connectivity index (χ4v) is 14.0. The molecule has 8 aliphatic rings. The summed E-state index contributed by atoms with van der Waals surface area (Å²) in [5, 5.41) is 15.7. The van der Waals surface area contributed by atoms with Crippen molar-refractivity contribution >= 4 is 12.2 Å². The maximum atomic E-state index is 13.0. The van der Waals surface area contributed by atoms with Crippen molar-refractivity contribution in [3.63, 3.8) is 0 Å². The Bertz CT molecular complexity index is 1300. The van der Waals surface area contributed by atoms with Crippen molar-refractivity contribution in [1.82, 2.24) is 10.2 Å². The van der Waals surface area contributed by atoms with Gasteiger partial charge < -0.3 is 34.3 Å². The lowest BCUT2D eigenvalue weighted by Crippen LogP contribution is -2.60. The van der Waals surface area contributed by atoms with Gasteiger partial charge in [-0.05, 0) is 110 Å². The normalized spacial score (nSPS) is 50.5. The number of fused-ring (bicyclic) bond motifs is 4. The average Bonchev–Trinajstić information content (AvgIpc) is 3.28. The van der Waals surface area contributed by atoms with Crippen LogP contribution in [0.3, 0.4) is 0 Å². The zero-order valence-electron chi connectivity index (χ0n) is 30.6. The molecule has 5 aliphatic carbocycles. The Hall–Kier alpha value is -1.58. The topological polar surface area (TPSA) is 107 Å². The van der Waals surface area contributed by atoms with Crippen LogP contribution in [0.15, 0.2) is 0 Å². The van der Waals surface area contributed by atoms with Crippen molar-refractivity contribution in [2.24, 2.45) is 56.7 Å². The molecule has 48 heavy (non-hydrogen) atoms. The summed E-state index contributed by atoms with van der Waals surface area (Å²) < 4.78 is 24.8. The van der Waals surface area contributed by atoms with Gasteiger partial charge in [-0.1, -0.05) is 48.5 Å². The van der Waals surface area contributed by atoms with Crippen LogP contribution in [-0.4, -0.2) is 85.1 Å².